The van der Waals surface area contributed by atoms with Crippen molar-refractivity contribution >= 4 is 11.9 Å². The summed E-state index contributed by atoms with van der Waals surface area (Å²) in [5.74, 6) is -1.03. The first-order chi connectivity index (χ1) is 8.44. The zero-order chi connectivity index (χ0) is 13.3. The molecule has 0 spiro atoms. The van der Waals surface area contributed by atoms with Gasteiger partial charge in [-0.2, -0.15) is 0 Å². The maximum Gasteiger partial charge on any atom is 0.311 e. The number of rotatable bonds is 2. The second-order valence-electron chi connectivity index (χ2n) is 5.01. The first kappa shape index (κ1) is 12.5. The molecule has 0 bridgehead atoms. The van der Waals surface area contributed by atoms with E-state index in [0.717, 1.165) is 5.56 Å². The second kappa shape index (κ2) is 4.40. The van der Waals surface area contributed by atoms with E-state index < -0.39 is 11.4 Å². The third-order valence-corrected chi connectivity index (χ3v) is 3.49. The molecule has 1 N–H and O–H groups in total. The quantitative estimate of drug-likeness (QED) is 0.857. The molecule has 1 fully saturated rings. The lowest BCUT2D eigenvalue weighted by atomic mass is 9.90. The third-order valence-electron chi connectivity index (χ3n) is 3.49. The number of pyridine rings is 1. The van der Waals surface area contributed by atoms with Gasteiger partial charge in [0.05, 0.1) is 5.41 Å². The van der Waals surface area contributed by atoms with Gasteiger partial charge in [-0.05, 0) is 31.9 Å². The molecule has 1 aliphatic rings. The van der Waals surface area contributed by atoms with Crippen LogP contribution in [0.15, 0.2) is 18.3 Å². The number of hydrogen-bond donors (Lipinski definition) is 1. The van der Waals surface area contributed by atoms with Gasteiger partial charge >= 0.3 is 5.97 Å². The normalized spacial score (nSPS) is 23.1. The van der Waals surface area contributed by atoms with Gasteiger partial charge in [-0.15, -0.1) is 0 Å². The van der Waals surface area contributed by atoms with Gasteiger partial charge < -0.3 is 10.0 Å². The van der Waals surface area contributed by atoms with Crippen molar-refractivity contribution in [3.8, 4) is 0 Å². The van der Waals surface area contributed by atoms with Crippen molar-refractivity contribution < 1.29 is 14.7 Å². The fourth-order valence-electron chi connectivity index (χ4n) is 2.17. The highest BCUT2D eigenvalue weighted by molar-refractivity contribution is 5.94. The third kappa shape index (κ3) is 2.08. The minimum atomic E-state index is -0.851. The number of hydrogen-bond acceptors (Lipinski definition) is 3. The number of amides is 1. The fourth-order valence-corrected chi connectivity index (χ4v) is 2.17. The molecule has 0 saturated carbocycles. The smallest absolute Gasteiger partial charge is 0.311 e. The van der Waals surface area contributed by atoms with Crippen molar-refractivity contribution in [2.45, 2.75) is 20.3 Å². The molecular weight excluding hydrogens is 232 g/mol. The zero-order valence-electron chi connectivity index (χ0n) is 10.5. The number of carboxylic acid groups (broad SMARTS) is 1. The van der Waals surface area contributed by atoms with Crippen LogP contribution in [-0.4, -0.2) is 40.0 Å². The molecule has 1 aromatic rings. The molecule has 1 aliphatic heterocycles. The van der Waals surface area contributed by atoms with Crippen molar-refractivity contribution in [3.63, 3.8) is 0 Å². The number of nitrogens with zero attached hydrogens (tertiary/aromatic N) is 2. The Morgan fingerprint density at radius 3 is 2.78 bits per heavy atom. The Labute approximate surface area is 105 Å². The average Bonchev–Trinajstić information content (AvgIpc) is 2.73. The molecule has 0 aliphatic carbocycles. The maximum absolute atomic E-state index is 12.2. The Balaban J connectivity index is 2.18. The number of aromatic nitrogens is 1. The summed E-state index contributed by atoms with van der Waals surface area (Å²) >= 11 is 0. The van der Waals surface area contributed by atoms with Crippen molar-refractivity contribution in [3.05, 3.63) is 29.6 Å². The molecule has 5 nitrogen and oxygen atoms in total. The highest BCUT2D eigenvalue weighted by Crippen LogP contribution is 2.31. The van der Waals surface area contributed by atoms with Gasteiger partial charge in [-0.1, -0.05) is 6.07 Å². The Kier molecular flexibility index (Phi) is 3.07. The molecule has 0 radical (unpaired) electrons. The lowest BCUT2D eigenvalue weighted by Crippen LogP contribution is -2.35. The molecule has 1 aromatic heterocycles. The molecule has 18 heavy (non-hydrogen) atoms. The summed E-state index contributed by atoms with van der Waals surface area (Å²) in [6.45, 7) is 4.22. The Hall–Kier alpha value is -1.91. The highest BCUT2D eigenvalue weighted by Gasteiger charge is 2.42. The summed E-state index contributed by atoms with van der Waals surface area (Å²) in [6, 6.07) is 3.60. The molecular formula is C13H16N2O3. The summed E-state index contributed by atoms with van der Waals surface area (Å²) < 4.78 is 0. The number of likely N-dealkylation sites (tertiary alicyclic amines) is 1. The van der Waals surface area contributed by atoms with E-state index in [1.165, 1.54) is 0 Å². The Bertz CT molecular complexity index is 501. The molecule has 0 aromatic carbocycles. The van der Waals surface area contributed by atoms with Gasteiger partial charge in [0, 0.05) is 19.3 Å². The number of carbonyl (C=O) groups excluding carboxylic acids is 1. The maximum atomic E-state index is 12.2. The van der Waals surface area contributed by atoms with Crippen molar-refractivity contribution in [1.82, 2.24) is 9.88 Å². The van der Waals surface area contributed by atoms with Crippen molar-refractivity contribution in [2.24, 2.45) is 5.41 Å². The first-order valence-corrected chi connectivity index (χ1v) is 5.88. The van der Waals surface area contributed by atoms with Crippen LogP contribution in [0.25, 0.3) is 0 Å². The van der Waals surface area contributed by atoms with Crippen LogP contribution in [0, 0.1) is 12.3 Å². The van der Waals surface area contributed by atoms with E-state index in [9.17, 15) is 9.59 Å². The molecule has 5 heteroatoms. The largest absolute Gasteiger partial charge is 0.481 e. The number of carboxylic acids is 1. The fraction of sp³-hybridized carbons (Fsp3) is 0.462. The topological polar surface area (TPSA) is 70.5 Å². The van der Waals surface area contributed by atoms with Crippen LogP contribution in [0.3, 0.4) is 0 Å². The zero-order valence-corrected chi connectivity index (χ0v) is 10.5. The van der Waals surface area contributed by atoms with E-state index in [4.69, 9.17) is 5.11 Å². The summed E-state index contributed by atoms with van der Waals surface area (Å²) in [5, 5.41) is 9.14. The van der Waals surface area contributed by atoms with Gasteiger partial charge in [0.2, 0.25) is 0 Å². The molecule has 1 amide bonds. The van der Waals surface area contributed by atoms with Crippen LogP contribution < -0.4 is 0 Å². The van der Waals surface area contributed by atoms with Gasteiger partial charge in [-0.3, -0.25) is 14.6 Å². The van der Waals surface area contributed by atoms with Crippen molar-refractivity contribution in [1.29, 1.82) is 0 Å². The molecule has 1 saturated heterocycles. The average molecular weight is 248 g/mol. The lowest BCUT2D eigenvalue weighted by Gasteiger charge is -2.20. The minimum absolute atomic E-state index is 0.182. The van der Waals surface area contributed by atoms with Gasteiger partial charge in [-0.25, -0.2) is 0 Å². The van der Waals surface area contributed by atoms with E-state index >= 15 is 0 Å². The molecule has 1 atom stereocenters. The monoisotopic (exact) mass is 248 g/mol. The number of carbonyl (C=O) groups is 2. The molecule has 2 rings (SSSR count). The number of aliphatic carboxylic acids is 1. The van der Waals surface area contributed by atoms with E-state index in [0.29, 0.717) is 18.7 Å². The number of aryl methyl sites for hydroxylation is 1. The second-order valence-corrected chi connectivity index (χ2v) is 5.01. The van der Waals surface area contributed by atoms with Crippen LogP contribution in [0.4, 0.5) is 0 Å². The standard InChI is InChI=1S/C13H16N2O3/c1-9-4-3-6-14-10(9)11(16)15-7-5-13(2,8-15)12(17)18/h3-4,6H,5,7-8H2,1-2H3,(H,17,18). The van der Waals surface area contributed by atoms with Crippen LogP contribution in [0.1, 0.15) is 29.4 Å². The molecule has 96 valence electrons. The lowest BCUT2D eigenvalue weighted by molar-refractivity contribution is -0.147. The van der Waals surface area contributed by atoms with E-state index in [-0.39, 0.29) is 12.5 Å². The summed E-state index contributed by atoms with van der Waals surface area (Å²) in [7, 11) is 0. The Morgan fingerprint density at radius 1 is 1.50 bits per heavy atom. The van der Waals surface area contributed by atoms with Crippen LogP contribution in [-0.2, 0) is 4.79 Å². The van der Waals surface area contributed by atoms with Gasteiger partial charge in [0.1, 0.15) is 5.69 Å². The van der Waals surface area contributed by atoms with Crippen LogP contribution >= 0.6 is 0 Å². The molecule has 2 heterocycles. The predicted octanol–water partition coefficient (Wildman–Crippen LogP) is 1.33. The van der Waals surface area contributed by atoms with Crippen molar-refractivity contribution in [2.75, 3.05) is 13.1 Å². The summed E-state index contributed by atoms with van der Waals surface area (Å²) in [4.78, 5) is 29.0. The SMILES string of the molecule is Cc1cccnc1C(=O)N1CCC(C)(C(=O)O)C1. The van der Waals surface area contributed by atoms with Gasteiger partial charge in [0.15, 0.2) is 0 Å². The van der Waals surface area contributed by atoms with Crippen LogP contribution in [0.2, 0.25) is 0 Å². The first-order valence-electron chi connectivity index (χ1n) is 5.88. The summed E-state index contributed by atoms with van der Waals surface area (Å²) in [5.41, 5.74) is 0.386. The highest BCUT2D eigenvalue weighted by atomic mass is 16.4. The predicted molar refractivity (Wildman–Crippen MR) is 65.2 cm³/mol. The van der Waals surface area contributed by atoms with Crippen LogP contribution in [0.5, 0.6) is 0 Å². The van der Waals surface area contributed by atoms with E-state index in [1.54, 1.807) is 24.1 Å². The Morgan fingerprint density at radius 2 is 2.22 bits per heavy atom. The minimum Gasteiger partial charge on any atom is -0.481 e. The molecule has 1 unspecified atom stereocenters. The van der Waals surface area contributed by atoms with E-state index in [2.05, 4.69) is 4.98 Å². The van der Waals surface area contributed by atoms with Gasteiger partial charge in [0.25, 0.3) is 5.91 Å². The summed E-state index contributed by atoms with van der Waals surface area (Å²) in [6.07, 6.45) is 2.06. The van der Waals surface area contributed by atoms with E-state index in [1.807, 2.05) is 13.0 Å².